The Morgan fingerprint density at radius 3 is 1.21 bits per heavy atom. The van der Waals surface area contributed by atoms with Gasteiger partial charge in [0.15, 0.2) is 0 Å². The summed E-state index contributed by atoms with van der Waals surface area (Å²) in [4.78, 5) is 0. The first-order valence-electron chi connectivity index (χ1n) is 23.2. The van der Waals surface area contributed by atoms with Gasteiger partial charge in [-0.25, -0.2) is 0 Å². The summed E-state index contributed by atoms with van der Waals surface area (Å²) >= 11 is 1.88. The maximum absolute atomic E-state index is 6.51. The van der Waals surface area contributed by atoms with Crippen LogP contribution in [0.4, 0.5) is 0 Å². The zero-order valence-corrected chi connectivity index (χ0v) is 37.9. The van der Waals surface area contributed by atoms with E-state index < -0.39 is 0 Å². The Morgan fingerprint density at radius 2 is 0.603 bits per heavy atom. The second kappa shape index (κ2) is 16.7. The number of para-hydroxylation sites is 2. The Bertz CT molecular complexity index is 4020. The molecule has 0 saturated heterocycles. The van der Waals surface area contributed by atoms with Gasteiger partial charge in [0.2, 0.25) is 0 Å². The Balaban J connectivity index is 0.931. The van der Waals surface area contributed by atoms with Crippen molar-refractivity contribution in [3.8, 4) is 89.0 Å². The standard InChI is InChI=1S/C66H42OS/c1-3-16-43(17-4-1)51-37-53(47-22-11-20-45(34-47)46-21-12-25-50(35-46)58-29-15-31-62-60-27-8-10-33-64(60)68-66(58)62)41-55(39-51)56-40-52(44-18-5-2-6-19-44)38-54(42-56)48-23-13-24-49(36-48)57-28-14-30-61-59-26-7-9-32-63(59)67-65(57)61/h1-42H. The lowest BCUT2D eigenvalue weighted by Gasteiger charge is -2.15. The van der Waals surface area contributed by atoms with Crippen molar-refractivity contribution in [2.45, 2.75) is 0 Å². The van der Waals surface area contributed by atoms with Crippen LogP contribution in [0.1, 0.15) is 0 Å². The smallest absolute Gasteiger partial charge is 0.143 e. The molecule has 0 aliphatic rings. The van der Waals surface area contributed by atoms with Crippen LogP contribution in [0.2, 0.25) is 0 Å². The van der Waals surface area contributed by atoms with Crippen LogP contribution in [-0.4, -0.2) is 0 Å². The fraction of sp³-hybridized carbons (Fsp3) is 0. The Hall–Kier alpha value is -8.56. The highest BCUT2D eigenvalue weighted by atomic mass is 32.1. The Morgan fingerprint density at radius 1 is 0.235 bits per heavy atom. The van der Waals surface area contributed by atoms with Crippen molar-refractivity contribution in [3.63, 3.8) is 0 Å². The Kier molecular flexibility index (Phi) is 9.77. The van der Waals surface area contributed by atoms with Gasteiger partial charge in [-0.1, -0.05) is 188 Å². The van der Waals surface area contributed by atoms with Gasteiger partial charge in [0, 0.05) is 36.5 Å². The molecule has 0 N–H and O–H groups in total. The largest absolute Gasteiger partial charge is 0.455 e. The highest BCUT2D eigenvalue weighted by Gasteiger charge is 2.16. The van der Waals surface area contributed by atoms with E-state index in [4.69, 9.17) is 4.42 Å². The topological polar surface area (TPSA) is 13.1 Å². The van der Waals surface area contributed by atoms with Crippen molar-refractivity contribution >= 4 is 53.4 Å². The molecule has 68 heavy (non-hydrogen) atoms. The molecule has 0 radical (unpaired) electrons. The van der Waals surface area contributed by atoms with E-state index in [2.05, 4.69) is 249 Å². The molecule has 0 fully saturated rings. The molecule has 2 heteroatoms. The van der Waals surface area contributed by atoms with Crippen molar-refractivity contribution in [2.75, 3.05) is 0 Å². The number of benzene rings is 11. The van der Waals surface area contributed by atoms with E-state index in [1.165, 1.54) is 75.8 Å². The summed E-state index contributed by atoms with van der Waals surface area (Å²) in [5.74, 6) is 0. The van der Waals surface area contributed by atoms with Crippen LogP contribution in [-0.2, 0) is 0 Å². The van der Waals surface area contributed by atoms with Crippen LogP contribution in [0.15, 0.2) is 259 Å². The molecule has 0 spiro atoms. The molecule has 0 atom stereocenters. The molecule has 2 aromatic heterocycles. The second-order valence-electron chi connectivity index (χ2n) is 17.6. The number of hydrogen-bond acceptors (Lipinski definition) is 2. The molecule has 11 aromatic carbocycles. The van der Waals surface area contributed by atoms with E-state index in [1.807, 2.05) is 17.4 Å². The van der Waals surface area contributed by atoms with Gasteiger partial charge in [-0.05, 0) is 150 Å². The lowest BCUT2D eigenvalue weighted by molar-refractivity contribution is 0.670. The van der Waals surface area contributed by atoms with E-state index in [0.29, 0.717) is 0 Å². The minimum Gasteiger partial charge on any atom is -0.455 e. The second-order valence-corrected chi connectivity index (χ2v) is 18.7. The first-order valence-corrected chi connectivity index (χ1v) is 24.0. The highest BCUT2D eigenvalue weighted by molar-refractivity contribution is 7.26. The number of thiophene rings is 1. The summed E-state index contributed by atoms with van der Waals surface area (Å²) in [6, 6.07) is 92.8. The molecule has 0 aliphatic carbocycles. The van der Waals surface area contributed by atoms with Gasteiger partial charge >= 0.3 is 0 Å². The first-order chi connectivity index (χ1) is 33.7. The van der Waals surface area contributed by atoms with Gasteiger partial charge in [-0.15, -0.1) is 11.3 Å². The predicted molar refractivity (Wildman–Crippen MR) is 290 cm³/mol. The lowest BCUT2D eigenvalue weighted by atomic mass is 9.89. The summed E-state index contributed by atoms with van der Waals surface area (Å²) in [6.07, 6.45) is 0. The van der Waals surface area contributed by atoms with E-state index in [1.54, 1.807) is 0 Å². The van der Waals surface area contributed by atoms with E-state index >= 15 is 0 Å². The molecule has 0 bridgehead atoms. The third kappa shape index (κ3) is 7.20. The third-order valence-corrected chi connectivity index (χ3v) is 14.7. The maximum atomic E-state index is 6.51. The summed E-state index contributed by atoms with van der Waals surface area (Å²) in [6.45, 7) is 0. The van der Waals surface area contributed by atoms with Gasteiger partial charge < -0.3 is 4.42 Å². The fourth-order valence-electron chi connectivity index (χ4n) is 10.1. The number of hydrogen-bond donors (Lipinski definition) is 0. The molecule has 2 heterocycles. The van der Waals surface area contributed by atoms with Crippen LogP contribution >= 0.6 is 11.3 Å². The average Bonchev–Trinajstić information content (AvgIpc) is 4.00. The van der Waals surface area contributed by atoms with Gasteiger partial charge in [0.1, 0.15) is 11.2 Å². The zero-order chi connectivity index (χ0) is 45.0. The lowest BCUT2D eigenvalue weighted by Crippen LogP contribution is -1.90. The summed E-state index contributed by atoms with van der Waals surface area (Å²) in [5.41, 5.74) is 20.6. The van der Waals surface area contributed by atoms with E-state index in [0.717, 1.165) is 55.3 Å². The molecular weight excluding hydrogens is 841 g/mol. The van der Waals surface area contributed by atoms with Gasteiger partial charge in [0.25, 0.3) is 0 Å². The molecule has 318 valence electrons. The monoisotopic (exact) mass is 882 g/mol. The molecule has 0 amide bonds. The first kappa shape index (κ1) is 39.8. The van der Waals surface area contributed by atoms with Crippen molar-refractivity contribution < 1.29 is 4.42 Å². The molecule has 0 aliphatic heterocycles. The number of rotatable bonds is 8. The van der Waals surface area contributed by atoms with Crippen molar-refractivity contribution in [3.05, 3.63) is 255 Å². The minimum atomic E-state index is 0.904. The number of furan rings is 1. The van der Waals surface area contributed by atoms with Gasteiger partial charge in [-0.2, -0.15) is 0 Å². The molecule has 1 nitrogen and oxygen atoms in total. The van der Waals surface area contributed by atoms with Crippen molar-refractivity contribution in [1.82, 2.24) is 0 Å². The number of fused-ring (bicyclic) bond motifs is 6. The molecule has 13 rings (SSSR count). The molecular formula is C66H42OS. The average molecular weight is 883 g/mol. The van der Waals surface area contributed by atoms with Crippen LogP contribution in [0.3, 0.4) is 0 Å². The van der Waals surface area contributed by atoms with E-state index in [-0.39, 0.29) is 0 Å². The van der Waals surface area contributed by atoms with Crippen LogP contribution in [0.5, 0.6) is 0 Å². The van der Waals surface area contributed by atoms with E-state index in [9.17, 15) is 0 Å². The summed E-state index contributed by atoms with van der Waals surface area (Å²) in [5, 5.41) is 4.90. The van der Waals surface area contributed by atoms with Crippen LogP contribution in [0, 0.1) is 0 Å². The van der Waals surface area contributed by atoms with Crippen molar-refractivity contribution in [1.29, 1.82) is 0 Å². The Labute approximate surface area is 399 Å². The minimum absolute atomic E-state index is 0.904. The quantitative estimate of drug-likeness (QED) is 0.148. The molecule has 13 aromatic rings. The highest BCUT2D eigenvalue weighted by Crippen LogP contribution is 2.43. The molecule has 0 saturated carbocycles. The van der Waals surface area contributed by atoms with Gasteiger partial charge in [-0.3, -0.25) is 0 Å². The zero-order valence-electron chi connectivity index (χ0n) is 37.1. The van der Waals surface area contributed by atoms with Crippen LogP contribution < -0.4 is 0 Å². The normalized spacial score (nSPS) is 11.5. The SMILES string of the molecule is c1ccc(-c2cc(-c3cccc(-c4cccc(-c5cccc6c5sc5ccccc56)c4)c3)cc(-c3cc(-c4ccccc4)cc(-c4cccc(-c5cccc6c5oc5ccccc56)c4)c3)c2)cc1. The molecule has 0 unspecified atom stereocenters. The maximum Gasteiger partial charge on any atom is 0.143 e. The van der Waals surface area contributed by atoms with Crippen LogP contribution in [0.25, 0.3) is 131 Å². The van der Waals surface area contributed by atoms with Gasteiger partial charge in [0.05, 0.1) is 0 Å². The van der Waals surface area contributed by atoms with Crippen molar-refractivity contribution in [2.24, 2.45) is 0 Å². The predicted octanol–water partition coefficient (Wildman–Crippen LogP) is 19.3. The summed E-state index contributed by atoms with van der Waals surface area (Å²) in [7, 11) is 0. The fourth-order valence-corrected chi connectivity index (χ4v) is 11.3. The summed E-state index contributed by atoms with van der Waals surface area (Å²) < 4.78 is 9.16. The third-order valence-electron chi connectivity index (χ3n) is 13.4.